The third-order valence-corrected chi connectivity index (χ3v) is 4.26. The monoisotopic (exact) mass is 276 g/mol. The molecule has 1 spiro atoms. The van der Waals surface area contributed by atoms with Crippen LogP contribution in [-0.4, -0.2) is 12.2 Å². The van der Waals surface area contributed by atoms with E-state index in [9.17, 15) is 0 Å². The van der Waals surface area contributed by atoms with E-state index in [-0.39, 0.29) is 12.2 Å². The molecular weight excluding hydrogens is 260 g/mol. The number of hydrogen-bond donors (Lipinski definition) is 0. The molecule has 1 heterocycles. The van der Waals surface area contributed by atoms with E-state index >= 15 is 0 Å². The van der Waals surface area contributed by atoms with Crippen molar-refractivity contribution in [2.24, 2.45) is 0 Å². The largest absolute Gasteiger partial charge is 0.339 e. The van der Waals surface area contributed by atoms with Crippen LogP contribution in [0, 0.1) is 12.3 Å². The van der Waals surface area contributed by atoms with Crippen molar-refractivity contribution in [2.75, 3.05) is 0 Å². The molecule has 0 amide bonds. The van der Waals surface area contributed by atoms with Crippen molar-refractivity contribution in [1.29, 1.82) is 0 Å². The van der Waals surface area contributed by atoms with Crippen molar-refractivity contribution in [3.05, 3.63) is 59.7 Å². The summed E-state index contributed by atoms with van der Waals surface area (Å²) in [5.74, 6) is 1.89. The Morgan fingerprint density at radius 1 is 1.00 bits per heavy atom. The molecule has 2 heteroatoms. The fourth-order valence-corrected chi connectivity index (χ4v) is 3.42. The Labute approximate surface area is 124 Å². The van der Waals surface area contributed by atoms with E-state index in [1.807, 2.05) is 24.3 Å². The maximum atomic E-state index is 6.30. The molecule has 2 aliphatic rings. The Balaban J connectivity index is 1.98. The van der Waals surface area contributed by atoms with Gasteiger partial charge in [-0.15, -0.1) is 6.42 Å². The first-order valence-electron chi connectivity index (χ1n) is 7.26. The summed E-state index contributed by atoms with van der Waals surface area (Å²) < 4.78 is 12.6. The molecule has 1 aliphatic heterocycles. The van der Waals surface area contributed by atoms with E-state index in [1.54, 1.807) is 0 Å². The smallest absolute Gasteiger partial charge is 0.225 e. The molecule has 2 nitrogen and oxygen atoms in total. The Morgan fingerprint density at radius 2 is 1.57 bits per heavy atom. The van der Waals surface area contributed by atoms with E-state index in [4.69, 9.17) is 15.9 Å². The average Bonchev–Trinajstić information content (AvgIpc) is 2.78. The molecule has 0 unspecified atom stereocenters. The molecule has 0 N–H and O–H groups in total. The zero-order valence-corrected chi connectivity index (χ0v) is 11.9. The van der Waals surface area contributed by atoms with E-state index < -0.39 is 5.79 Å². The quantitative estimate of drug-likeness (QED) is 0.683. The van der Waals surface area contributed by atoms with Gasteiger partial charge in [-0.2, -0.15) is 0 Å². The van der Waals surface area contributed by atoms with Gasteiger partial charge in [-0.3, -0.25) is 0 Å². The summed E-state index contributed by atoms with van der Waals surface area (Å²) in [4.78, 5) is 0. The van der Waals surface area contributed by atoms with Crippen LogP contribution in [0.4, 0.5) is 0 Å². The number of ether oxygens (including phenoxy) is 2. The van der Waals surface area contributed by atoms with Crippen LogP contribution in [0.3, 0.4) is 0 Å². The Morgan fingerprint density at radius 3 is 2.14 bits per heavy atom. The van der Waals surface area contributed by atoms with Gasteiger partial charge in [0, 0.05) is 17.5 Å². The van der Waals surface area contributed by atoms with Crippen molar-refractivity contribution in [3.63, 3.8) is 0 Å². The van der Waals surface area contributed by atoms with Crippen LogP contribution in [0.25, 0.3) is 11.1 Å². The SMILES string of the molecule is C#C[C@H]1C[C@@H](C)OC2(O1)c1ccccc1-c1ccccc12. The van der Waals surface area contributed by atoms with Crippen molar-refractivity contribution in [3.8, 4) is 23.5 Å². The van der Waals surface area contributed by atoms with Gasteiger partial charge in [0.1, 0.15) is 6.10 Å². The number of benzene rings is 2. The van der Waals surface area contributed by atoms with Gasteiger partial charge in [0.05, 0.1) is 6.10 Å². The van der Waals surface area contributed by atoms with Crippen molar-refractivity contribution >= 4 is 0 Å². The molecule has 4 rings (SSSR count). The number of terminal acetylenes is 1. The van der Waals surface area contributed by atoms with Crippen LogP contribution >= 0.6 is 0 Å². The Kier molecular flexibility index (Phi) is 2.68. The van der Waals surface area contributed by atoms with Crippen LogP contribution in [0.2, 0.25) is 0 Å². The Hall–Kier alpha value is -2.08. The lowest BCUT2D eigenvalue weighted by Crippen LogP contribution is -2.44. The maximum absolute atomic E-state index is 6.30. The summed E-state index contributed by atoms with van der Waals surface area (Å²) in [7, 11) is 0. The third-order valence-electron chi connectivity index (χ3n) is 4.26. The summed E-state index contributed by atoms with van der Waals surface area (Å²) in [5.41, 5.74) is 4.44. The second-order valence-corrected chi connectivity index (χ2v) is 5.65. The van der Waals surface area contributed by atoms with E-state index in [0.717, 1.165) is 28.7 Å². The number of fused-ring (bicyclic) bond motifs is 5. The summed E-state index contributed by atoms with van der Waals surface area (Å²) >= 11 is 0. The molecule has 2 atom stereocenters. The van der Waals surface area contributed by atoms with Crippen LogP contribution < -0.4 is 0 Å². The molecule has 0 aromatic heterocycles. The van der Waals surface area contributed by atoms with E-state index in [0.29, 0.717) is 0 Å². The standard InChI is InChI=1S/C19H16O2/c1-3-14-12-13(2)20-19(21-14)17-10-6-4-8-15(17)16-9-5-7-11-18(16)19/h1,4-11,13-14H,12H2,2H3/t13-,14+/m1/s1. The predicted molar refractivity (Wildman–Crippen MR) is 81.5 cm³/mol. The van der Waals surface area contributed by atoms with Gasteiger partial charge in [-0.05, 0) is 18.1 Å². The summed E-state index contributed by atoms with van der Waals surface area (Å²) in [6, 6.07) is 16.5. The van der Waals surface area contributed by atoms with Crippen LogP contribution in [0.5, 0.6) is 0 Å². The molecule has 104 valence electrons. The van der Waals surface area contributed by atoms with Crippen LogP contribution in [0.15, 0.2) is 48.5 Å². The summed E-state index contributed by atoms with van der Waals surface area (Å²) in [6.45, 7) is 2.05. The van der Waals surface area contributed by atoms with Gasteiger partial charge in [-0.25, -0.2) is 0 Å². The molecule has 0 saturated carbocycles. The minimum absolute atomic E-state index is 0.0546. The molecule has 21 heavy (non-hydrogen) atoms. The summed E-state index contributed by atoms with van der Waals surface area (Å²) in [5, 5.41) is 0. The highest BCUT2D eigenvalue weighted by Gasteiger charge is 2.50. The zero-order chi connectivity index (χ0) is 14.4. The van der Waals surface area contributed by atoms with Gasteiger partial charge < -0.3 is 9.47 Å². The third kappa shape index (κ3) is 1.68. The molecule has 0 radical (unpaired) electrons. The first-order valence-corrected chi connectivity index (χ1v) is 7.26. The highest BCUT2D eigenvalue weighted by molar-refractivity contribution is 5.79. The number of hydrogen-bond acceptors (Lipinski definition) is 2. The first-order chi connectivity index (χ1) is 10.2. The minimum Gasteiger partial charge on any atom is -0.339 e. The van der Waals surface area contributed by atoms with Crippen molar-refractivity contribution in [2.45, 2.75) is 31.3 Å². The van der Waals surface area contributed by atoms with Gasteiger partial charge in [-0.1, -0.05) is 54.5 Å². The topological polar surface area (TPSA) is 18.5 Å². The zero-order valence-electron chi connectivity index (χ0n) is 11.9. The Bertz CT molecular complexity index is 696. The molecule has 1 saturated heterocycles. The average molecular weight is 276 g/mol. The second-order valence-electron chi connectivity index (χ2n) is 5.65. The van der Waals surface area contributed by atoms with E-state index in [1.165, 1.54) is 0 Å². The normalized spacial score (nSPS) is 25.1. The van der Waals surface area contributed by atoms with Crippen molar-refractivity contribution < 1.29 is 9.47 Å². The number of rotatable bonds is 0. The first kappa shape index (κ1) is 12.6. The summed E-state index contributed by atoms with van der Waals surface area (Å²) in [6.07, 6.45) is 6.18. The maximum Gasteiger partial charge on any atom is 0.225 e. The van der Waals surface area contributed by atoms with Crippen LogP contribution in [0.1, 0.15) is 24.5 Å². The van der Waals surface area contributed by atoms with E-state index in [2.05, 4.69) is 37.1 Å². The lowest BCUT2D eigenvalue weighted by atomic mass is 10.00. The predicted octanol–water partition coefficient (Wildman–Crippen LogP) is 3.70. The van der Waals surface area contributed by atoms with Crippen molar-refractivity contribution in [1.82, 2.24) is 0 Å². The van der Waals surface area contributed by atoms with Gasteiger partial charge in [0.15, 0.2) is 0 Å². The lowest BCUT2D eigenvalue weighted by molar-refractivity contribution is -0.287. The minimum atomic E-state index is -0.859. The molecule has 2 aromatic rings. The molecule has 0 bridgehead atoms. The molecule has 1 fully saturated rings. The van der Waals surface area contributed by atoms with Gasteiger partial charge >= 0.3 is 0 Å². The highest BCUT2D eigenvalue weighted by Crippen LogP contribution is 2.52. The molecule has 2 aromatic carbocycles. The van der Waals surface area contributed by atoms with Gasteiger partial charge in [0.25, 0.3) is 0 Å². The fourth-order valence-electron chi connectivity index (χ4n) is 3.42. The molecular formula is C19H16O2. The second kappa shape index (κ2) is 4.46. The lowest BCUT2D eigenvalue weighted by Gasteiger charge is -2.41. The highest BCUT2D eigenvalue weighted by atomic mass is 16.7. The fraction of sp³-hybridized carbons (Fsp3) is 0.263. The van der Waals surface area contributed by atoms with Crippen LogP contribution in [-0.2, 0) is 15.3 Å². The molecule has 1 aliphatic carbocycles. The van der Waals surface area contributed by atoms with Gasteiger partial charge in [0.2, 0.25) is 5.79 Å².